The number of rotatable bonds is 3. The lowest BCUT2D eigenvalue weighted by atomic mass is 9.82. The summed E-state index contributed by atoms with van der Waals surface area (Å²) in [5.74, 6) is 0. The van der Waals surface area contributed by atoms with Gasteiger partial charge in [-0.05, 0) is 29.5 Å². The van der Waals surface area contributed by atoms with E-state index in [9.17, 15) is 0 Å². The summed E-state index contributed by atoms with van der Waals surface area (Å²) in [6.07, 6.45) is 6.72. The summed E-state index contributed by atoms with van der Waals surface area (Å²) in [7, 11) is 0. The van der Waals surface area contributed by atoms with Gasteiger partial charge in [-0.15, -0.1) is 0 Å². The van der Waals surface area contributed by atoms with Gasteiger partial charge < -0.3 is 4.57 Å². The van der Waals surface area contributed by atoms with Crippen LogP contribution in [0.25, 0.3) is 5.69 Å². The summed E-state index contributed by atoms with van der Waals surface area (Å²) in [5, 5.41) is 0. The molecule has 0 aliphatic rings. The van der Waals surface area contributed by atoms with Crippen LogP contribution >= 0.6 is 0 Å². The third-order valence-electron chi connectivity index (χ3n) is 3.34. The van der Waals surface area contributed by atoms with Crippen LogP contribution in [0.1, 0.15) is 32.8 Å². The highest BCUT2D eigenvalue weighted by Gasteiger charge is 2.17. The zero-order valence-electron chi connectivity index (χ0n) is 10.1. The predicted octanol–water partition coefficient (Wildman–Crippen LogP) is 3.56. The SMILES string of the molecule is CCC(C)(C)c1ccc(-n2ccnc2)cc1. The lowest BCUT2D eigenvalue weighted by molar-refractivity contribution is 0.506. The maximum atomic E-state index is 4.05. The molecule has 0 spiro atoms. The molecule has 2 rings (SSSR count). The summed E-state index contributed by atoms with van der Waals surface area (Å²) in [5.41, 5.74) is 2.81. The molecule has 0 atom stereocenters. The van der Waals surface area contributed by atoms with Crippen LogP contribution in [-0.4, -0.2) is 9.55 Å². The summed E-state index contributed by atoms with van der Waals surface area (Å²) in [6, 6.07) is 8.71. The average molecular weight is 214 g/mol. The fraction of sp³-hybridized carbons (Fsp3) is 0.357. The van der Waals surface area contributed by atoms with E-state index in [4.69, 9.17) is 0 Å². The van der Waals surface area contributed by atoms with Gasteiger partial charge >= 0.3 is 0 Å². The number of benzene rings is 1. The van der Waals surface area contributed by atoms with Crippen molar-refractivity contribution in [1.29, 1.82) is 0 Å². The zero-order valence-corrected chi connectivity index (χ0v) is 10.1. The maximum absolute atomic E-state index is 4.05. The van der Waals surface area contributed by atoms with Gasteiger partial charge in [0.1, 0.15) is 0 Å². The molecule has 1 aromatic carbocycles. The molecule has 0 aliphatic carbocycles. The molecule has 0 radical (unpaired) electrons. The Morgan fingerprint density at radius 1 is 1.19 bits per heavy atom. The van der Waals surface area contributed by atoms with E-state index >= 15 is 0 Å². The van der Waals surface area contributed by atoms with Crippen LogP contribution in [0.15, 0.2) is 43.0 Å². The molecule has 2 aromatic rings. The van der Waals surface area contributed by atoms with Crippen LogP contribution in [0.4, 0.5) is 0 Å². The molecule has 1 aromatic heterocycles. The van der Waals surface area contributed by atoms with Crippen molar-refractivity contribution < 1.29 is 0 Å². The smallest absolute Gasteiger partial charge is 0.0991 e. The summed E-state index contributed by atoms with van der Waals surface area (Å²) < 4.78 is 2.02. The van der Waals surface area contributed by atoms with Crippen molar-refractivity contribution in [1.82, 2.24) is 9.55 Å². The minimum absolute atomic E-state index is 0.257. The predicted molar refractivity (Wildman–Crippen MR) is 66.9 cm³/mol. The fourth-order valence-corrected chi connectivity index (χ4v) is 1.70. The van der Waals surface area contributed by atoms with E-state index in [0.29, 0.717) is 0 Å². The third kappa shape index (κ3) is 2.01. The Hall–Kier alpha value is -1.57. The van der Waals surface area contributed by atoms with Gasteiger partial charge in [0.05, 0.1) is 6.33 Å². The van der Waals surface area contributed by atoms with E-state index in [1.54, 1.807) is 6.20 Å². The van der Waals surface area contributed by atoms with Crippen LogP contribution < -0.4 is 0 Å². The van der Waals surface area contributed by atoms with Gasteiger partial charge in [0, 0.05) is 18.1 Å². The molecule has 0 bridgehead atoms. The van der Waals surface area contributed by atoms with Crippen LogP contribution in [0.5, 0.6) is 0 Å². The summed E-state index contributed by atoms with van der Waals surface area (Å²) in [6.45, 7) is 6.78. The van der Waals surface area contributed by atoms with Crippen LogP contribution in [-0.2, 0) is 5.41 Å². The minimum Gasteiger partial charge on any atom is -0.306 e. The van der Waals surface area contributed by atoms with Crippen molar-refractivity contribution in [3.05, 3.63) is 48.5 Å². The van der Waals surface area contributed by atoms with Gasteiger partial charge in [-0.2, -0.15) is 0 Å². The number of aromatic nitrogens is 2. The summed E-state index contributed by atoms with van der Waals surface area (Å²) >= 11 is 0. The molecule has 0 amide bonds. The molecule has 0 unspecified atom stereocenters. The largest absolute Gasteiger partial charge is 0.306 e. The first-order valence-electron chi connectivity index (χ1n) is 5.72. The number of hydrogen-bond acceptors (Lipinski definition) is 1. The maximum Gasteiger partial charge on any atom is 0.0991 e. The molecule has 0 aliphatic heterocycles. The van der Waals surface area contributed by atoms with Gasteiger partial charge in [0.25, 0.3) is 0 Å². The highest BCUT2D eigenvalue weighted by Crippen LogP contribution is 2.27. The lowest BCUT2D eigenvalue weighted by Gasteiger charge is -2.23. The molecule has 1 heterocycles. The second-order valence-electron chi connectivity index (χ2n) is 4.75. The van der Waals surface area contributed by atoms with Crippen LogP contribution in [0, 0.1) is 0 Å². The van der Waals surface area contributed by atoms with E-state index in [0.717, 1.165) is 12.1 Å². The van der Waals surface area contributed by atoms with E-state index in [-0.39, 0.29) is 5.41 Å². The standard InChI is InChI=1S/C14H18N2/c1-4-14(2,3)12-5-7-13(8-6-12)16-10-9-15-11-16/h5-11H,4H2,1-3H3. The second kappa shape index (κ2) is 4.12. The van der Waals surface area contributed by atoms with Gasteiger partial charge in [-0.3, -0.25) is 0 Å². The van der Waals surface area contributed by atoms with E-state index in [1.165, 1.54) is 5.56 Å². The first-order valence-corrected chi connectivity index (χ1v) is 5.72. The van der Waals surface area contributed by atoms with E-state index < -0.39 is 0 Å². The molecule has 2 heteroatoms. The minimum atomic E-state index is 0.257. The normalized spacial score (nSPS) is 11.7. The monoisotopic (exact) mass is 214 g/mol. The molecule has 16 heavy (non-hydrogen) atoms. The topological polar surface area (TPSA) is 17.8 Å². The lowest BCUT2D eigenvalue weighted by Crippen LogP contribution is -2.15. The Kier molecular flexibility index (Phi) is 2.82. The first-order chi connectivity index (χ1) is 7.63. The van der Waals surface area contributed by atoms with Crippen molar-refractivity contribution in [2.45, 2.75) is 32.6 Å². The Labute approximate surface area is 97.0 Å². The molecule has 0 fully saturated rings. The molecular formula is C14H18N2. The van der Waals surface area contributed by atoms with Crippen molar-refractivity contribution >= 4 is 0 Å². The van der Waals surface area contributed by atoms with Crippen molar-refractivity contribution in [2.24, 2.45) is 0 Å². The molecule has 0 saturated heterocycles. The first kappa shape index (κ1) is 10.9. The Balaban J connectivity index is 2.30. The highest BCUT2D eigenvalue weighted by molar-refractivity contribution is 5.37. The van der Waals surface area contributed by atoms with Gasteiger partial charge in [-0.25, -0.2) is 4.98 Å². The Morgan fingerprint density at radius 2 is 1.88 bits per heavy atom. The van der Waals surface area contributed by atoms with Crippen LogP contribution in [0.3, 0.4) is 0 Å². The average Bonchev–Trinajstić information content (AvgIpc) is 2.83. The van der Waals surface area contributed by atoms with Crippen molar-refractivity contribution in [3.8, 4) is 5.69 Å². The highest BCUT2D eigenvalue weighted by atomic mass is 15.0. The van der Waals surface area contributed by atoms with Gasteiger partial charge in [0.2, 0.25) is 0 Å². The van der Waals surface area contributed by atoms with E-state index in [1.807, 2.05) is 17.1 Å². The number of nitrogens with zero attached hydrogens (tertiary/aromatic N) is 2. The molecular weight excluding hydrogens is 196 g/mol. The molecule has 2 nitrogen and oxygen atoms in total. The fourth-order valence-electron chi connectivity index (χ4n) is 1.70. The second-order valence-corrected chi connectivity index (χ2v) is 4.75. The van der Waals surface area contributed by atoms with Gasteiger partial charge in [0.15, 0.2) is 0 Å². The Morgan fingerprint density at radius 3 is 2.38 bits per heavy atom. The van der Waals surface area contributed by atoms with Gasteiger partial charge in [-0.1, -0.05) is 32.9 Å². The van der Waals surface area contributed by atoms with Crippen LogP contribution in [0.2, 0.25) is 0 Å². The molecule has 84 valence electrons. The quantitative estimate of drug-likeness (QED) is 0.764. The number of hydrogen-bond donors (Lipinski definition) is 0. The molecule has 0 N–H and O–H groups in total. The Bertz CT molecular complexity index is 438. The number of imidazole rings is 1. The van der Waals surface area contributed by atoms with Crippen molar-refractivity contribution in [2.75, 3.05) is 0 Å². The summed E-state index contributed by atoms with van der Waals surface area (Å²) in [4.78, 5) is 4.05. The van der Waals surface area contributed by atoms with Crippen molar-refractivity contribution in [3.63, 3.8) is 0 Å². The third-order valence-corrected chi connectivity index (χ3v) is 3.34. The van der Waals surface area contributed by atoms with E-state index in [2.05, 4.69) is 50.0 Å². The zero-order chi connectivity index (χ0) is 11.6. The molecule has 0 saturated carbocycles.